The third kappa shape index (κ3) is 2.54. The zero-order valence-electron chi connectivity index (χ0n) is 15.6. The van der Waals surface area contributed by atoms with Crippen LogP contribution in [0.1, 0.15) is 50.4 Å². The molecule has 0 amide bonds. The van der Waals surface area contributed by atoms with Gasteiger partial charge in [0.1, 0.15) is 24.4 Å². The first kappa shape index (κ1) is 17.6. The lowest BCUT2D eigenvalue weighted by Gasteiger charge is -2.38. The van der Waals surface area contributed by atoms with E-state index in [-0.39, 0.29) is 33.9 Å². The van der Waals surface area contributed by atoms with E-state index in [2.05, 4.69) is 30.9 Å². The van der Waals surface area contributed by atoms with Gasteiger partial charge in [0.15, 0.2) is 0 Å². The molecule has 0 spiro atoms. The second-order valence-electron chi connectivity index (χ2n) is 8.31. The summed E-state index contributed by atoms with van der Waals surface area (Å²) in [5, 5.41) is 15.4. The number of nitro groups is 1. The summed E-state index contributed by atoms with van der Waals surface area (Å²) >= 11 is 0. The van der Waals surface area contributed by atoms with Crippen molar-refractivity contribution >= 4 is 11.7 Å². The quantitative estimate of drug-likeness (QED) is 0.463. The van der Waals surface area contributed by atoms with Gasteiger partial charge in [-0.1, -0.05) is 20.8 Å². The molecule has 1 heterocycles. The Morgan fingerprint density at radius 1 is 1.37 bits per heavy atom. The molecule has 1 aromatic heterocycles. The van der Waals surface area contributed by atoms with Crippen LogP contribution in [0.5, 0.6) is 0 Å². The molecule has 27 heavy (non-hydrogen) atoms. The molecule has 0 N–H and O–H groups in total. The molecule has 3 atom stereocenters. The number of benzene rings is 1. The Morgan fingerprint density at radius 3 is 2.70 bits per heavy atom. The molecular formula is C19H22N4O4. The van der Waals surface area contributed by atoms with Gasteiger partial charge in [0.05, 0.1) is 10.5 Å². The maximum absolute atomic E-state index is 12.7. The van der Waals surface area contributed by atoms with Crippen LogP contribution in [0.25, 0.3) is 5.69 Å². The predicted octanol–water partition coefficient (Wildman–Crippen LogP) is 3.55. The first-order valence-electron chi connectivity index (χ1n) is 9.08. The molecule has 8 heteroatoms. The molecule has 4 rings (SSSR count). The summed E-state index contributed by atoms with van der Waals surface area (Å²) in [5.74, 6) is 0.0298. The van der Waals surface area contributed by atoms with Gasteiger partial charge in [-0.25, -0.2) is 14.5 Å². The third-order valence-electron chi connectivity index (χ3n) is 7.04. The molecule has 0 saturated heterocycles. The number of nitro benzene ring substituents is 1. The van der Waals surface area contributed by atoms with Crippen LogP contribution in [0.3, 0.4) is 0 Å². The third-order valence-corrected chi connectivity index (χ3v) is 7.04. The summed E-state index contributed by atoms with van der Waals surface area (Å²) in [7, 11) is 0. The van der Waals surface area contributed by atoms with Crippen molar-refractivity contribution in [1.82, 2.24) is 14.8 Å². The molecule has 8 nitrogen and oxygen atoms in total. The highest BCUT2D eigenvalue weighted by Gasteiger charge is 2.62. The van der Waals surface area contributed by atoms with Crippen LogP contribution < -0.4 is 0 Å². The maximum Gasteiger partial charge on any atom is 0.338 e. The minimum absolute atomic E-state index is 0.0556. The minimum Gasteiger partial charge on any atom is -0.458 e. The smallest absolute Gasteiger partial charge is 0.338 e. The monoisotopic (exact) mass is 370 g/mol. The number of ether oxygens (including phenoxy) is 1. The standard InChI is InChI=1S/C19H22N4O4/c1-18(2)13-6-7-19(18,3)16(9-13)27-17(24)12-4-5-14(15(8-12)23(25)26)22-11-20-10-21-22/h4-5,8,10-11,13,16H,6-7,9H2,1-3H3/t13-,16+,19-/m0/s1. The Labute approximate surface area is 156 Å². The highest BCUT2D eigenvalue weighted by atomic mass is 16.6. The Kier molecular flexibility index (Phi) is 3.83. The fourth-order valence-electron chi connectivity index (χ4n) is 4.83. The van der Waals surface area contributed by atoms with E-state index in [0.29, 0.717) is 5.92 Å². The zero-order valence-corrected chi connectivity index (χ0v) is 15.6. The highest BCUT2D eigenvalue weighted by Crippen LogP contribution is 2.66. The maximum atomic E-state index is 12.7. The van der Waals surface area contributed by atoms with Gasteiger partial charge in [-0.3, -0.25) is 10.1 Å². The summed E-state index contributed by atoms with van der Waals surface area (Å²) in [5.41, 5.74) is 0.284. The molecule has 0 unspecified atom stereocenters. The van der Waals surface area contributed by atoms with E-state index in [1.54, 1.807) is 0 Å². The number of fused-ring (bicyclic) bond motifs is 2. The molecule has 2 aliphatic rings. The van der Waals surface area contributed by atoms with Crippen molar-refractivity contribution in [2.45, 2.75) is 46.1 Å². The van der Waals surface area contributed by atoms with Crippen molar-refractivity contribution in [3.63, 3.8) is 0 Å². The van der Waals surface area contributed by atoms with E-state index in [9.17, 15) is 14.9 Å². The molecule has 142 valence electrons. The van der Waals surface area contributed by atoms with E-state index in [1.807, 2.05) is 0 Å². The summed E-state index contributed by atoms with van der Waals surface area (Å²) in [6, 6.07) is 4.28. The lowest BCUT2D eigenvalue weighted by molar-refractivity contribution is -0.384. The predicted molar refractivity (Wildman–Crippen MR) is 96.4 cm³/mol. The molecular weight excluding hydrogens is 348 g/mol. The van der Waals surface area contributed by atoms with Crippen molar-refractivity contribution in [2.24, 2.45) is 16.7 Å². The number of hydrogen-bond acceptors (Lipinski definition) is 6. The number of carbonyl (C=O) groups excluding carboxylic acids is 1. The van der Waals surface area contributed by atoms with Gasteiger partial charge in [0.2, 0.25) is 0 Å². The fraction of sp³-hybridized carbons (Fsp3) is 0.526. The highest BCUT2D eigenvalue weighted by molar-refractivity contribution is 5.91. The van der Waals surface area contributed by atoms with Crippen LogP contribution in [-0.2, 0) is 4.74 Å². The van der Waals surface area contributed by atoms with Gasteiger partial charge in [-0.15, -0.1) is 0 Å². The number of rotatable bonds is 4. The lowest BCUT2D eigenvalue weighted by Crippen LogP contribution is -2.38. The van der Waals surface area contributed by atoms with Crippen LogP contribution >= 0.6 is 0 Å². The molecule has 2 aliphatic carbocycles. The van der Waals surface area contributed by atoms with E-state index in [4.69, 9.17) is 4.74 Å². The molecule has 2 aromatic rings. The van der Waals surface area contributed by atoms with Crippen molar-refractivity contribution in [3.05, 3.63) is 46.5 Å². The summed E-state index contributed by atoms with van der Waals surface area (Å²) in [6.45, 7) is 6.68. The average Bonchev–Trinajstić information content (AvgIpc) is 3.28. The molecule has 1 aromatic carbocycles. The molecule has 2 saturated carbocycles. The van der Waals surface area contributed by atoms with Gasteiger partial charge in [0, 0.05) is 11.5 Å². The Morgan fingerprint density at radius 2 is 2.15 bits per heavy atom. The molecule has 2 fully saturated rings. The van der Waals surface area contributed by atoms with Crippen LogP contribution in [0.2, 0.25) is 0 Å². The van der Waals surface area contributed by atoms with Crippen LogP contribution in [0.15, 0.2) is 30.9 Å². The van der Waals surface area contributed by atoms with Gasteiger partial charge >= 0.3 is 5.97 Å². The number of esters is 1. The number of aromatic nitrogens is 3. The van der Waals surface area contributed by atoms with E-state index >= 15 is 0 Å². The normalized spacial score (nSPS) is 28.3. The van der Waals surface area contributed by atoms with E-state index < -0.39 is 10.9 Å². The Hall–Kier alpha value is -2.77. The van der Waals surface area contributed by atoms with Crippen molar-refractivity contribution in [2.75, 3.05) is 0 Å². The van der Waals surface area contributed by atoms with Crippen LogP contribution in [-0.4, -0.2) is 31.8 Å². The van der Waals surface area contributed by atoms with Crippen LogP contribution in [0, 0.1) is 26.9 Å². The van der Waals surface area contributed by atoms with Gasteiger partial charge in [-0.05, 0) is 42.7 Å². The second-order valence-corrected chi connectivity index (χ2v) is 8.31. The van der Waals surface area contributed by atoms with Crippen molar-refractivity contribution in [1.29, 1.82) is 0 Å². The Balaban J connectivity index is 1.60. The first-order valence-corrected chi connectivity index (χ1v) is 9.08. The molecule has 2 bridgehead atoms. The number of nitrogens with zero attached hydrogens (tertiary/aromatic N) is 4. The topological polar surface area (TPSA) is 100 Å². The Bertz CT molecular complexity index is 908. The average molecular weight is 370 g/mol. The largest absolute Gasteiger partial charge is 0.458 e. The fourth-order valence-corrected chi connectivity index (χ4v) is 4.83. The zero-order chi connectivity index (χ0) is 19.4. The van der Waals surface area contributed by atoms with E-state index in [1.165, 1.54) is 35.5 Å². The summed E-state index contributed by atoms with van der Waals surface area (Å²) < 4.78 is 7.14. The van der Waals surface area contributed by atoms with Crippen molar-refractivity contribution < 1.29 is 14.5 Å². The summed E-state index contributed by atoms with van der Waals surface area (Å²) in [6.07, 6.45) is 5.56. The van der Waals surface area contributed by atoms with Gasteiger partial charge in [0.25, 0.3) is 5.69 Å². The number of carbonyl (C=O) groups is 1. The molecule has 0 radical (unpaired) electrons. The molecule has 0 aliphatic heterocycles. The number of hydrogen-bond donors (Lipinski definition) is 0. The second kappa shape index (κ2) is 5.87. The van der Waals surface area contributed by atoms with E-state index in [0.717, 1.165) is 19.3 Å². The summed E-state index contributed by atoms with van der Waals surface area (Å²) in [4.78, 5) is 27.5. The van der Waals surface area contributed by atoms with Gasteiger partial charge < -0.3 is 4.74 Å². The SMILES string of the molecule is CC1(C)[C@H]2CC[C@@]1(C)[C@H](OC(=O)c1ccc(-n3cncn3)c([N+](=O)[O-])c1)C2. The first-order chi connectivity index (χ1) is 12.7. The van der Waals surface area contributed by atoms with Gasteiger partial charge in [-0.2, -0.15) is 5.10 Å². The lowest BCUT2D eigenvalue weighted by atomic mass is 9.70. The van der Waals surface area contributed by atoms with Crippen LogP contribution in [0.4, 0.5) is 5.69 Å². The van der Waals surface area contributed by atoms with Crippen molar-refractivity contribution in [3.8, 4) is 5.69 Å². The minimum atomic E-state index is -0.532.